The maximum absolute atomic E-state index is 11.4. The van der Waals surface area contributed by atoms with Crippen molar-refractivity contribution in [1.29, 1.82) is 0 Å². The van der Waals surface area contributed by atoms with Crippen LogP contribution in [0.2, 0.25) is 0 Å². The van der Waals surface area contributed by atoms with Crippen molar-refractivity contribution in [1.82, 2.24) is 9.97 Å². The Morgan fingerprint density at radius 1 is 1.52 bits per heavy atom. The summed E-state index contributed by atoms with van der Waals surface area (Å²) in [6.07, 6.45) is 3.56. The van der Waals surface area contributed by atoms with E-state index in [0.29, 0.717) is 25.3 Å². The molecule has 0 amide bonds. The number of anilines is 1. The van der Waals surface area contributed by atoms with Gasteiger partial charge in [0.25, 0.3) is 0 Å². The van der Waals surface area contributed by atoms with Gasteiger partial charge in [0.1, 0.15) is 23.0 Å². The lowest BCUT2D eigenvalue weighted by Crippen LogP contribution is -2.30. The summed E-state index contributed by atoms with van der Waals surface area (Å²) in [4.78, 5) is 21.9. The van der Waals surface area contributed by atoms with Crippen LogP contribution < -0.4 is 5.32 Å². The number of aryl methyl sites for hydroxylation is 1. The third-order valence-electron chi connectivity index (χ3n) is 3.18. The summed E-state index contributed by atoms with van der Waals surface area (Å²) >= 11 is 1.61. The third-order valence-corrected chi connectivity index (χ3v) is 4.37. The van der Waals surface area contributed by atoms with E-state index >= 15 is 0 Å². The first-order valence-electron chi connectivity index (χ1n) is 6.87. The number of hydrogen-bond acceptors (Lipinski definition) is 6. The highest BCUT2D eigenvalue weighted by Gasteiger charge is 2.19. The number of nitrogens with zero attached hydrogens (tertiary/aromatic N) is 2. The highest BCUT2D eigenvalue weighted by Crippen LogP contribution is 2.29. The summed E-state index contributed by atoms with van der Waals surface area (Å²) in [7, 11) is 1.61. The van der Waals surface area contributed by atoms with Crippen molar-refractivity contribution in [2.45, 2.75) is 32.2 Å². The van der Waals surface area contributed by atoms with E-state index in [0.717, 1.165) is 16.6 Å². The molecule has 0 saturated carbocycles. The number of hydrogen-bond donors (Lipinski definition) is 2. The lowest BCUT2D eigenvalue weighted by atomic mass is 10.1. The summed E-state index contributed by atoms with van der Waals surface area (Å²) in [6, 6.07) is 1.35. The van der Waals surface area contributed by atoms with Gasteiger partial charge in [-0.2, -0.15) is 0 Å². The summed E-state index contributed by atoms with van der Waals surface area (Å²) in [6.45, 7) is 2.62. The molecular weight excluding hydrogens is 290 g/mol. The maximum Gasteiger partial charge on any atom is 0.326 e. The Kier molecular flexibility index (Phi) is 5.46. The Labute approximate surface area is 127 Å². The molecule has 114 valence electrons. The highest BCUT2D eigenvalue weighted by molar-refractivity contribution is 7.18. The average molecular weight is 309 g/mol. The van der Waals surface area contributed by atoms with Gasteiger partial charge in [-0.05, 0) is 25.3 Å². The quantitative estimate of drug-likeness (QED) is 0.729. The second kappa shape index (κ2) is 7.33. The number of carboxylic acid groups (broad SMARTS) is 1. The highest BCUT2D eigenvalue weighted by atomic mass is 32.1. The van der Waals surface area contributed by atoms with Crippen molar-refractivity contribution in [2.75, 3.05) is 19.0 Å². The van der Waals surface area contributed by atoms with Crippen LogP contribution in [0, 0.1) is 0 Å². The Hall–Kier alpha value is -1.73. The minimum Gasteiger partial charge on any atom is -0.480 e. The van der Waals surface area contributed by atoms with E-state index in [1.807, 2.05) is 6.07 Å². The number of aromatic nitrogens is 2. The van der Waals surface area contributed by atoms with Crippen molar-refractivity contribution in [2.24, 2.45) is 0 Å². The van der Waals surface area contributed by atoms with E-state index in [1.54, 1.807) is 18.4 Å². The molecule has 21 heavy (non-hydrogen) atoms. The molecule has 2 heterocycles. The molecule has 1 atom stereocenters. The van der Waals surface area contributed by atoms with Crippen LogP contribution in [-0.4, -0.2) is 40.8 Å². The lowest BCUT2D eigenvalue weighted by Gasteiger charge is -2.15. The zero-order valence-corrected chi connectivity index (χ0v) is 12.9. The molecule has 0 aliphatic carbocycles. The number of methoxy groups -OCH3 is 1. The van der Waals surface area contributed by atoms with Crippen LogP contribution in [0.15, 0.2) is 12.4 Å². The van der Waals surface area contributed by atoms with Crippen LogP contribution in [0.4, 0.5) is 5.82 Å². The van der Waals surface area contributed by atoms with Gasteiger partial charge < -0.3 is 15.2 Å². The predicted molar refractivity (Wildman–Crippen MR) is 82.9 cm³/mol. The molecule has 0 bridgehead atoms. The average Bonchev–Trinajstić information content (AvgIpc) is 2.90. The van der Waals surface area contributed by atoms with E-state index in [4.69, 9.17) is 4.74 Å². The Morgan fingerprint density at radius 2 is 2.33 bits per heavy atom. The molecular formula is C14H19N3O3S. The first-order chi connectivity index (χ1) is 10.2. The molecule has 0 aliphatic rings. The van der Waals surface area contributed by atoms with Gasteiger partial charge in [0, 0.05) is 18.6 Å². The molecule has 2 aromatic rings. The van der Waals surface area contributed by atoms with E-state index in [2.05, 4.69) is 22.2 Å². The van der Waals surface area contributed by atoms with Crippen LogP contribution in [0.3, 0.4) is 0 Å². The monoisotopic (exact) mass is 309 g/mol. The zero-order chi connectivity index (χ0) is 15.2. The topological polar surface area (TPSA) is 84.3 Å². The van der Waals surface area contributed by atoms with Gasteiger partial charge in [-0.25, -0.2) is 14.8 Å². The number of fused-ring (bicyclic) bond motifs is 1. The number of aliphatic carboxylic acids is 1. The second-order valence-corrected chi connectivity index (χ2v) is 5.79. The molecule has 0 aromatic carbocycles. The molecule has 7 heteroatoms. The van der Waals surface area contributed by atoms with Crippen molar-refractivity contribution >= 4 is 33.3 Å². The Balaban J connectivity index is 2.19. The Bertz CT molecular complexity index is 615. The van der Waals surface area contributed by atoms with E-state index in [9.17, 15) is 9.90 Å². The van der Waals surface area contributed by atoms with Crippen molar-refractivity contribution in [3.05, 3.63) is 17.3 Å². The van der Waals surface area contributed by atoms with Gasteiger partial charge in [0.05, 0.1) is 5.39 Å². The number of nitrogens with one attached hydrogen (secondary N) is 1. The SMILES string of the molecule is CCc1cc2c(NC(CCCOC)C(=O)O)ncnc2s1. The molecule has 2 rings (SSSR count). The minimum absolute atomic E-state index is 0.486. The minimum atomic E-state index is -0.885. The number of rotatable bonds is 8. The molecule has 2 N–H and O–H groups in total. The third kappa shape index (κ3) is 3.89. The fourth-order valence-corrected chi connectivity index (χ4v) is 2.98. The summed E-state index contributed by atoms with van der Waals surface area (Å²) in [5.74, 6) is -0.301. The first-order valence-corrected chi connectivity index (χ1v) is 7.69. The van der Waals surface area contributed by atoms with Gasteiger partial charge in [0.2, 0.25) is 0 Å². The van der Waals surface area contributed by atoms with Crippen LogP contribution in [-0.2, 0) is 16.0 Å². The van der Waals surface area contributed by atoms with Gasteiger partial charge >= 0.3 is 5.97 Å². The molecule has 2 aromatic heterocycles. The smallest absolute Gasteiger partial charge is 0.326 e. The van der Waals surface area contributed by atoms with Gasteiger partial charge in [0.15, 0.2) is 0 Å². The van der Waals surface area contributed by atoms with Gasteiger partial charge in [-0.3, -0.25) is 0 Å². The summed E-state index contributed by atoms with van der Waals surface area (Å²) in [5.41, 5.74) is 0. The van der Waals surface area contributed by atoms with Crippen LogP contribution in [0.25, 0.3) is 10.2 Å². The summed E-state index contributed by atoms with van der Waals surface area (Å²) in [5, 5.41) is 13.2. The molecule has 0 aliphatic heterocycles. The lowest BCUT2D eigenvalue weighted by molar-refractivity contribution is -0.138. The number of thiophene rings is 1. The van der Waals surface area contributed by atoms with E-state index < -0.39 is 12.0 Å². The molecule has 6 nitrogen and oxygen atoms in total. The molecule has 0 spiro atoms. The van der Waals surface area contributed by atoms with Crippen molar-refractivity contribution in [3.8, 4) is 0 Å². The number of carbonyl (C=O) groups is 1. The van der Waals surface area contributed by atoms with Gasteiger partial charge in [-0.15, -0.1) is 11.3 Å². The maximum atomic E-state index is 11.4. The van der Waals surface area contributed by atoms with Crippen LogP contribution in [0.1, 0.15) is 24.6 Å². The predicted octanol–water partition coefficient (Wildman–Crippen LogP) is 2.55. The summed E-state index contributed by atoms with van der Waals surface area (Å²) < 4.78 is 4.97. The fourth-order valence-electron chi connectivity index (χ4n) is 2.05. The van der Waals surface area contributed by atoms with Crippen LogP contribution >= 0.6 is 11.3 Å². The molecule has 0 saturated heterocycles. The van der Waals surface area contributed by atoms with Crippen molar-refractivity contribution < 1.29 is 14.6 Å². The van der Waals surface area contributed by atoms with E-state index in [1.165, 1.54) is 11.2 Å². The standard InChI is InChI=1S/C14H19N3O3S/c1-3-9-7-10-12(15-8-16-13(10)21-9)17-11(14(18)19)5-4-6-20-2/h7-8,11H,3-6H2,1-2H3,(H,18,19)(H,15,16,17). The number of ether oxygens (including phenoxy) is 1. The first kappa shape index (κ1) is 15.7. The fraction of sp³-hybridized carbons (Fsp3) is 0.500. The molecule has 0 radical (unpaired) electrons. The number of carboxylic acids is 1. The molecule has 0 fully saturated rings. The van der Waals surface area contributed by atoms with Crippen molar-refractivity contribution in [3.63, 3.8) is 0 Å². The zero-order valence-electron chi connectivity index (χ0n) is 12.1. The molecule has 1 unspecified atom stereocenters. The van der Waals surface area contributed by atoms with Crippen LogP contribution in [0.5, 0.6) is 0 Å². The normalized spacial score (nSPS) is 12.5. The largest absolute Gasteiger partial charge is 0.480 e. The second-order valence-electron chi connectivity index (χ2n) is 4.68. The Morgan fingerprint density at radius 3 is 3.00 bits per heavy atom. The van der Waals surface area contributed by atoms with Gasteiger partial charge in [-0.1, -0.05) is 6.92 Å². The van der Waals surface area contributed by atoms with E-state index in [-0.39, 0.29) is 0 Å².